The van der Waals surface area contributed by atoms with Crippen LogP contribution in [0, 0.1) is 13.8 Å². The van der Waals surface area contributed by atoms with Crippen LogP contribution in [0.3, 0.4) is 0 Å². The molecule has 1 heterocycles. The van der Waals surface area contributed by atoms with Crippen molar-refractivity contribution in [2.24, 2.45) is 0 Å². The quantitative estimate of drug-likeness (QED) is 0.749. The Morgan fingerprint density at radius 3 is 2.65 bits per heavy atom. The Morgan fingerprint density at radius 1 is 1.18 bits per heavy atom. The molecule has 0 bridgehead atoms. The van der Waals surface area contributed by atoms with Crippen LogP contribution in [0.25, 0.3) is 0 Å². The molecule has 0 aliphatic rings. The summed E-state index contributed by atoms with van der Waals surface area (Å²) in [5.41, 5.74) is 2.56. The third-order valence-electron chi connectivity index (χ3n) is 2.41. The summed E-state index contributed by atoms with van der Waals surface area (Å²) in [7, 11) is 0. The van der Waals surface area contributed by atoms with E-state index in [1.54, 1.807) is 11.8 Å². The smallest absolute Gasteiger partial charge is 0.147 e. The number of hydrogen-bond donors (Lipinski definition) is 0. The molecule has 0 amide bonds. The lowest BCUT2D eigenvalue weighted by atomic mass is 10.1. The molecule has 0 aliphatic carbocycles. The fourth-order valence-corrected chi connectivity index (χ4v) is 2.81. The second kappa shape index (κ2) is 5.38. The lowest BCUT2D eigenvalue weighted by Gasteiger charge is -2.06. The minimum Gasteiger partial charge on any atom is -0.228 e. The summed E-state index contributed by atoms with van der Waals surface area (Å²) >= 11 is 10.9. The molecule has 0 atom stereocenters. The minimum atomic E-state index is 0.436. The summed E-state index contributed by atoms with van der Waals surface area (Å²) in [5, 5.41) is 1.26. The van der Waals surface area contributed by atoms with Crippen molar-refractivity contribution in [3.63, 3.8) is 0 Å². The average Bonchev–Trinajstić information content (AvgIpc) is 2.30. The van der Waals surface area contributed by atoms with Crippen molar-refractivity contribution in [2.75, 3.05) is 0 Å². The van der Waals surface area contributed by atoms with Gasteiger partial charge in [-0.15, -0.1) is 0 Å². The Morgan fingerprint density at radius 2 is 1.94 bits per heavy atom. The summed E-state index contributed by atoms with van der Waals surface area (Å²) in [4.78, 5) is 9.26. The normalized spacial score (nSPS) is 10.6. The van der Waals surface area contributed by atoms with Crippen molar-refractivity contribution in [1.29, 1.82) is 0 Å². The molecule has 0 spiro atoms. The van der Waals surface area contributed by atoms with Crippen molar-refractivity contribution in [2.45, 2.75) is 23.8 Å². The number of aryl methyl sites for hydroxylation is 2. The van der Waals surface area contributed by atoms with Crippen LogP contribution >= 0.6 is 39.3 Å². The van der Waals surface area contributed by atoms with Crippen molar-refractivity contribution in [3.05, 3.63) is 45.3 Å². The van der Waals surface area contributed by atoms with Gasteiger partial charge in [0.25, 0.3) is 0 Å². The highest BCUT2D eigenvalue weighted by Crippen LogP contribution is 2.34. The Balaban J connectivity index is 2.31. The van der Waals surface area contributed by atoms with Gasteiger partial charge in [0.1, 0.15) is 16.5 Å². The van der Waals surface area contributed by atoms with E-state index in [1.807, 2.05) is 0 Å². The molecule has 88 valence electrons. The molecule has 0 fully saturated rings. The fourth-order valence-electron chi connectivity index (χ4n) is 1.29. The zero-order valence-electron chi connectivity index (χ0n) is 9.37. The Hall–Kier alpha value is -0.580. The number of nitrogens with zero attached hydrogens (tertiary/aromatic N) is 2. The summed E-state index contributed by atoms with van der Waals surface area (Å²) in [5.74, 6) is 0. The summed E-state index contributed by atoms with van der Waals surface area (Å²) < 4.78 is 0.741. The van der Waals surface area contributed by atoms with Gasteiger partial charge in [-0.05, 0) is 53.0 Å². The van der Waals surface area contributed by atoms with Gasteiger partial charge in [-0.2, -0.15) is 0 Å². The highest BCUT2D eigenvalue weighted by atomic mass is 79.9. The van der Waals surface area contributed by atoms with Crippen LogP contribution in [0.15, 0.2) is 38.9 Å². The van der Waals surface area contributed by atoms with Gasteiger partial charge < -0.3 is 0 Å². The molecule has 1 aromatic heterocycles. The summed E-state index contributed by atoms with van der Waals surface area (Å²) in [6.07, 6.45) is 1.47. The highest BCUT2D eigenvalue weighted by Gasteiger charge is 2.08. The predicted octanol–water partition coefficient (Wildman–Crippen LogP) is 4.66. The van der Waals surface area contributed by atoms with Gasteiger partial charge in [0.15, 0.2) is 0 Å². The molecule has 0 N–H and O–H groups in total. The van der Waals surface area contributed by atoms with E-state index < -0.39 is 0 Å². The first-order chi connectivity index (χ1) is 8.08. The lowest BCUT2D eigenvalue weighted by molar-refractivity contribution is 1.02. The first kappa shape index (κ1) is 12.9. The van der Waals surface area contributed by atoms with Crippen LogP contribution in [-0.4, -0.2) is 9.97 Å². The number of aromatic nitrogens is 2. The Kier molecular flexibility index (Phi) is 4.07. The number of benzene rings is 1. The van der Waals surface area contributed by atoms with Crippen LogP contribution in [0.2, 0.25) is 5.15 Å². The van der Waals surface area contributed by atoms with E-state index in [2.05, 4.69) is 57.9 Å². The van der Waals surface area contributed by atoms with E-state index in [-0.39, 0.29) is 0 Å². The summed E-state index contributed by atoms with van der Waals surface area (Å²) in [6.45, 7) is 4.20. The number of halogens is 2. The molecule has 0 unspecified atom stereocenters. The van der Waals surface area contributed by atoms with Gasteiger partial charge in [-0.1, -0.05) is 29.4 Å². The van der Waals surface area contributed by atoms with Crippen molar-refractivity contribution in [3.8, 4) is 0 Å². The van der Waals surface area contributed by atoms with E-state index in [9.17, 15) is 0 Å². The van der Waals surface area contributed by atoms with Crippen LogP contribution in [0.5, 0.6) is 0 Å². The van der Waals surface area contributed by atoms with Crippen molar-refractivity contribution in [1.82, 2.24) is 9.97 Å². The molecule has 0 saturated carbocycles. The molecular weight excluding hydrogens is 320 g/mol. The number of rotatable bonds is 2. The molecule has 2 nitrogen and oxygen atoms in total. The third kappa shape index (κ3) is 3.00. The second-order valence-electron chi connectivity index (χ2n) is 3.63. The predicted molar refractivity (Wildman–Crippen MR) is 74.8 cm³/mol. The highest BCUT2D eigenvalue weighted by molar-refractivity contribution is 9.10. The van der Waals surface area contributed by atoms with Gasteiger partial charge in [-0.25, -0.2) is 9.97 Å². The van der Waals surface area contributed by atoms with Gasteiger partial charge in [0, 0.05) is 4.90 Å². The van der Waals surface area contributed by atoms with E-state index >= 15 is 0 Å². The van der Waals surface area contributed by atoms with Crippen LogP contribution in [-0.2, 0) is 0 Å². The molecule has 0 aliphatic heterocycles. The van der Waals surface area contributed by atoms with Gasteiger partial charge in [0.05, 0.1) is 4.47 Å². The van der Waals surface area contributed by atoms with E-state index in [4.69, 9.17) is 11.6 Å². The maximum atomic E-state index is 5.93. The molecule has 17 heavy (non-hydrogen) atoms. The monoisotopic (exact) mass is 328 g/mol. The maximum absolute atomic E-state index is 5.93. The largest absolute Gasteiger partial charge is 0.228 e. The molecular formula is C12H10BrClN2S. The first-order valence-corrected chi connectivity index (χ1v) is 6.98. The van der Waals surface area contributed by atoms with Crippen molar-refractivity contribution >= 4 is 39.3 Å². The van der Waals surface area contributed by atoms with Crippen LogP contribution in [0.4, 0.5) is 0 Å². The molecule has 0 radical (unpaired) electrons. The van der Waals surface area contributed by atoms with E-state index in [0.29, 0.717) is 5.15 Å². The maximum Gasteiger partial charge on any atom is 0.147 e. The zero-order valence-corrected chi connectivity index (χ0v) is 12.5. The molecule has 2 aromatic rings. The topological polar surface area (TPSA) is 25.8 Å². The summed E-state index contributed by atoms with van der Waals surface area (Å²) in [6, 6.07) is 6.33. The van der Waals surface area contributed by atoms with Crippen molar-refractivity contribution < 1.29 is 0 Å². The SMILES string of the molecule is Cc1ccc(Sc2ncnc(Cl)c2Br)cc1C. The Labute approximate surface area is 118 Å². The molecule has 0 saturated heterocycles. The Bertz CT molecular complexity index is 560. The van der Waals surface area contributed by atoms with Gasteiger partial charge in [-0.3, -0.25) is 0 Å². The van der Waals surface area contributed by atoms with Crippen LogP contribution < -0.4 is 0 Å². The first-order valence-electron chi connectivity index (χ1n) is 4.99. The lowest BCUT2D eigenvalue weighted by Crippen LogP contribution is -1.87. The minimum absolute atomic E-state index is 0.436. The standard InChI is InChI=1S/C12H10BrClN2S/c1-7-3-4-9(5-8(7)2)17-12-10(13)11(14)15-6-16-12/h3-6H,1-2H3. The zero-order chi connectivity index (χ0) is 12.4. The van der Waals surface area contributed by atoms with Crippen LogP contribution in [0.1, 0.15) is 11.1 Å². The van der Waals surface area contributed by atoms with Gasteiger partial charge >= 0.3 is 0 Å². The average molecular weight is 330 g/mol. The molecule has 1 aromatic carbocycles. The fraction of sp³-hybridized carbons (Fsp3) is 0.167. The number of hydrogen-bond acceptors (Lipinski definition) is 3. The van der Waals surface area contributed by atoms with E-state index in [1.165, 1.54) is 17.5 Å². The molecule has 2 rings (SSSR count). The molecule has 5 heteroatoms. The second-order valence-corrected chi connectivity index (χ2v) is 5.84. The third-order valence-corrected chi connectivity index (χ3v) is 4.93. The van der Waals surface area contributed by atoms with Gasteiger partial charge in [0.2, 0.25) is 0 Å². The van der Waals surface area contributed by atoms with E-state index in [0.717, 1.165) is 14.4 Å².